The maximum Gasteiger partial charge on any atom is 0.259 e. The van der Waals surface area contributed by atoms with E-state index in [1.807, 2.05) is 32.0 Å². The van der Waals surface area contributed by atoms with Gasteiger partial charge in [-0.1, -0.05) is 35.9 Å². The van der Waals surface area contributed by atoms with Crippen LogP contribution in [0.4, 0.5) is 5.69 Å². The van der Waals surface area contributed by atoms with Crippen LogP contribution in [0.1, 0.15) is 37.4 Å². The van der Waals surface area contributed by atoms with Gasteiger partial charge in [0.15, 0.2) is 6.29 Å². The zero-order valence-electron chi connectivity index (χ0n) is 20.2. The number of aryl methyl sites for hydroxylation is 2. The summed E-state index contributed by atoms with van der Waals surface area (Å²) in [5, 5.41) is 2.78. The maximum absolute atomic E-state index is 13.8. The average molecular weight is 493 g/mol. The lowest BCUT2D eigenvalue weighted by molar-refractivity contribution is -0.0974. The number of amides is 2. The first-order valence-electron chi connectivity index (χ1n) is 11.2. The molecule has 0 aliphatic carbocycles. The summed E-state index contributed by atoms with van der Waals surface area (Å²) < 4.78 is 23.8. The number of rotatable bonds is 7. The molecule has 1 heterocycles. The van der Waals surface area contributed by atoms with E-state index in [-0.39, 0.29) is 24.9 Å². The van der Waals surface area contributed by atoms with Gasteiger partial charge in [0, 0.05) is 19.8 Å². The molecule has 7 nitrogen and oxygen atoms in total. The van der Waals surface area contributed by atoms with Crippen LogP contribution in [0.15, 0.2) is 70.5 Å². The van der Waals surface area contributed by atoms with Crippen LogP contribution in [0.5, 0.6) is 0 Å². The number of methoxy groups -OCH3 is 2. The standard InChI is InChI=1S/C27H28N2O5S/c1-17-9-10-18(2)20(13-17)16-29-22-14-19(26(30)28-15-25(33-3)34-4)11-12-24(22)35(32)23-8-6-5-7-21(23)27(29)31/h5-14,25H,15-16H2,1-4H3,(H,28,30). The van der Waals surface area contributed by atoms with Crippen molar-refractivity contribution in [1.82, 2.24) is 5.32 Å². The molecule has 0 saturated carbocycles. The molecule has 3 aromatic carbocycles. The van der Waals surface area contributed by atoms with Crippen molar-refractivity contribution in [3.8, 4) is 0 Å². The number of carbonyl (C=O) groups excluding carboxylic acids is 2. The Balaban J connectivity index is 1.79. The van der Waals surface area contributed by atoms with Crippen LogP contribution >= 0.6 is 0 Å². The molecular weight excluding hydrogens is 464 g/mol. The van der Waals surface area contributed by atoms with Gasteiger partial charge in [0.25, 0.3) is 11.8 Å². The van der Waals surface area contributed by atoms with E-state index in [9.17, 15) is 13.8 Å². The molecule has 0 radical (unpaired) electrons. The highest BCUT2D eigenvalue weighted by atomic mass is 32.2. The van der Waals surface area contributed by atoms with E-state index in [4.69, 9.17) is 9.47 Å². The van der Waals surface area contributed by atoms with Crippen molar-refractivity contribution in [3.63, 3.8) is 0 Å². The molecule has 35 heavy (non-hydrogen) atoms. The lowest BCUT2D eigenvalue weighted by Gasteiger charge is -2.25. The van der Waals surface area contributed by atoms with Crippen molar-refractivity contribution in [2.75, 3.05) is 25.7 Å². The molecule has 2 amide bonds. The van der Waals surface area contributed by atoms with Gasteiger partial charge in [-0.2, -0.15) is 0 Å². The van der Waals surface area contributed by atoms with Gasteiger partial charge in [0.05, 0.1) is 44.9 Å². The first kappa shape index (κ1) is 24.8. The lowest BCUT2D eigenvalue weighted by Crippen LogP contribution is -2.34. The monoisotopic (exact) mass is 492 g/mol. The minimum atomic E-state index is -1.59. The third kappa shape index (κ3) is 5.05. The Morgan fingerprint density at radius 3 is 2.49 bits per heavy atom. The van der Waals surface area contributed by atoms with Crippen molar-refractivity contribution in [2.24, 2.45) is 0 Å². The van der Waals surface area contributed by atoms with Gasteiger partial charge in [-0.05, 0) is 55.3 Å². The third-order valence-electron chi connectivity index (χ3n) is 6.06. The summed E-state index contributed by atoms with van der Waals surface area (Å²) in [6.45, 7) is 4.44. The Bertz CT molecular complexity index is 1300. The zero-order chi connectivity index (χ0) is 25.1. The Hall–Kier alpha value is -3.33. The summed E-state index contributed by atoms with van der Waals surface area (Å²) in [4.78, 5) is 29.2. The Morgan fingerprint density at radius 1 is 1.00 bits per heavy atom. The quantitative estimate of drug-likeness (QED) is 0.505. The molecule has 8 heteroatoms. The van der Waals surface area contributed by atoms with Crippen LogP contribution in [0.3, 0.4) is 0 Å². The Morgan fingerprint density at radius 2 is 1.74 bits per heavy atom. The van der Waals surface area contributed by atoms with Crippen LogP contribution in [0.2, 0.25) is 0 Å². The number of hydrogen-bond donors (Lipinski definition) is 1. The number of fused-ring (bicyclic) bond motifs is 2. The van der Waals surface area contributed by atoms with Gasteiger partial charge in [-0.15, -0.1) is 0 Å². The largest absolute Gasteiger partial charge is 0.354 e. The highest BCUT2D eigenvalue weighted by Crippen LogP contribution is 2.36. The second-order valence-electron chi connectivity index (χ2n) is 8.38. The molecule has 0 saturated heterocycles. The number of ether oxygens (including phenoxy) is 2. The van der Waals surface area contributed by atoms with E-state index in [0.717, 1.165) is 16.7 Å². The molecule has 182 valence electrons. The lowest BCUT2D eigenvalue weighted by atomic mass is 10.0. The first-order chi connectivity index (χ1) is 16.8. The van der Waals surface area contributed by atoms with Crippen LogP contribution in [-0.2, 0) is 26.8 Å². The second-order valence-corrected chi connectivity index (χ2v) is 9.80. The predicted octanol–water partition coefficient (Wildman–Crippen LogP) is 3.98. The third-order valence-corrected chi connectivity index (χ3v) is 7.56. The summed E-state index contributed by atoms with van der Waals surface area (Å²) in [5.74, 6) is -0.608. The second kappa shape index (κ2) is 10.5. The Labute approximate surface area is 207 Å². The van der Waals surface area contributed by atoms with Crippen molar-refractivity contribution >= 4 is 28.3 Å². The van der Waals surface area contributed by atoms with E-state index in [0.29, 0.717) is 26.6 Å². The fourth-order valence-corrected chi connectivity index (χ4v) is 5.39. The number of anilines is 1. The summed E-state index contributed by atoms with van der Waals surface area (Å²) in [6, 6.07) is 17.9. The zero-order valence-corrected chi connectivity index (χ0v) is 21.0. The summed E-state index contributed by atoms with van der Waals surface area (Å²) >= 11 is 0. The first-order valence-corrected chi connectivity index (χ1v) is 12.4. The molecule has 4 rings (SSSR count). The predicted molar refractivity (Wildman–Crippen MR) is 134 cm³/mol. The fourth-order valence-electron chi connectivity index (χ4n) is 4.04. The van der Waals surface area contributed by atoms with Crippen LogP contribution in [0, 0.1) is 13.8 Å². The summed E-state index contributed by atoms with van der Waals surface area (Å²) in [6.07, 6.45) is -0.579. The highest BCUT2D eigenvalue weighted by molar-refractivity contribution is 7.85. The molecule has 0 bridgehead atoms. The smallest absolute Gasteiger partial charge is 0.259 e. The van der Waals surface area contributed by atoms with Gasteiger partial charge in [0.2, 0.25) is 0 Å². The average Bonchev–Trinajstić information content (AvgIpc) is 2.96. The molecule has 0 aromatic heterocycles. The number of hydrogen-bond acceptors (Lipinski definition) is 5. The van der Waals surface area contributed by atoms with Crippen LogP contribution < -0.4 is 10.2 Å². The van der Waals surface area contributed by atoms with Gasteiger partial charge in [-0.3, -0.25) is 9.59 Å². The molecule has 0 spiro atoms. The van der Waals surface area contributed by atoms with Crippen molar-refractivity contribution < 1.29 is 23.3 Å². The topological polar surface area (TPSA) is 84.9 Å². The van der Waals surface area contributed by atoms with Crippen molar-refractivity contribution in [2.45, 2.75) is 36.5 Å². The normalized spacial score (nSPS) is 14.9. The summed E-state index contributed by atoms with van der Waals surface area (Å²) in [7, 11) is 1.40. The van der Waals surface area contributed by atoms with E-state index < -0.39 is 17.1 Å². The minimum absolute atomic E-state index is 0.158. The van der Waals surface area contributed by atoms with Gasteiger partial charge >= 0.3 is 0 Å². The van der Waals surface area contributed by atoms with Crippen molar-refractivity contribution in [3.05, 3.63) is 88.5 Å². The molecule has 1 aliphatic rings. The summed E-state index contributed by atoms with van der Waals surface area (Å²) in [5.41, 5.74) is 4.29. The number of nitrogens with one attached hydrogen (secondary N) is 1. The Kier molecular flexibility index (Phi) is 7.45. The number of nitrogens with zero attached hydrogens (tertiary/aromatic N) is 1. The highest BCUT2D eigenvalue weighted by Gasteiger charge is 2.31. The molecule has 1 unspecified atom stereocenters. The van der Waals surface area contributed by atoms with E-state index >= 15 is 0 Å². The maximum atomic E-state index is 13.8. The SMILES string of the molecule is COC(CNC(=O)c1ccc2c(c1)N(Cc1cc(C)ccc1C)C(=O)c1ccccc1S2=O)OC. The fraction of sp³-hybridized carbons (Fsp3) is 0.259. The molecule has 1 N–H and O–H groups in total. The van der Waals surface area contributed by atoms with Crippen LogP contribution in [-0.4, -0.2) is 43.1 Å². The molecule has 1 atom stereocenters. The van der Waals surface area contributed by atoms with Crippen molar-refractivity contribution in [1.29, 1.82) is 0 Å². The molecule has 1 aliphatic heterocycles. The van der Waals surface area contributed by atoms with E-state index in [1.54, 1.807) is 47.4 Å². The van der Waals surface area contributed by atoms with E-state index in [1.165, 1.54) is 14.2 Å². The number of carbonyl (C=O) groups is 2. The minimum Gasteiger partial charge on any atom is -0.354 e. The van der Waals surface area contributed by atoms with Gasteiger partial charge in [-0.25, -0.2) is 4.21 Å². The molecule has 0 fully saturated rings. The van der Waals surface area contributed by atoms with Gasteiger partial charge in [0.1, 0.15) is 0 Å². The number of benzene rings is 3. The molecular formula is C27H28N2O5S. The van der Waals surface area contributed by atoms with Gasteiger partial charge < -0.3 is 19.7 Å². The van der Waals surface area contributed by atoms with E-state index in [2.05, 4.69) is 5.32 Å². The molecule has 3 aromatic rings. The van der Waals surface area contributed by atoms with Crippen LogP contribution in [0.25, 0.3) is 0 Å².